The van der Waals surface area contributed by atoms with Crippen LogP contribution >= 0.6 is 0 Å². The molecule has 7 heteroatoms. The van der Waals surface area contributed by atoms with Gasteiger partial charge in [0, 0.05) is 19.4 Å². The number of carbonyl (C=O) groups is 3. The molecular weight excluding hydrogens is 298 g/mol. The number of benzene rings is 1. The summed E-state index contributed by atoms with van der Waals surface area (Å²) in [5.74, 6) is -0.905. The Morgan fingerprint density at radius 3 is 2.57 bits per heavy atom. The van der Waals surface area contributed by atoms with E-state index in [9.17, 15) is 14.4 Å². The number of rotatable bonds is 10. The van der Waals surface area contributed by atoms with Crippen molar-refractivity contribution in [3.8, 4) is 0 Å². The van der Waals surface area contributed by atoms with Crippen molar-refractivity contribution < 1.29 is 19.6 Å². The third kappa shape index (κ3) is 6.58. The van der Waals surface area contributed by atoms with Gasteiger partial charge in [0.15, 0.2) is 0 Å². The van der Waals surface area contributed by atoms with Crippen LogP contribution in [0.5, 0.6) is 0 Å². The maximum Gasteiger partial charge on any atom is 0.276 e. The minimum atomic E-state index is -0.704. The van der Waals surface area contributed by atoms with Crippen molar-refractivity contribution in [3.05, 3.63) is 29.3 Å². The number of hydrogen-bond acceptors (Lipinski definition) is 5. The number of hydrogen-bond donors (Lipinski definition) is 4. The van der Waals surface area contributed by atoms with Crippen molar-refractivity contribution in [2.75, 3.05) is 5.32 Å². The molecule has 0 spiro atoms. The van der Waals surface area contributed by atoms with Crippen LogP contribution in [0.25, 0.3) is 0 Å². The van der Waals surface area contributed by atoms with Crippen LogP contribution in [0.3, 0.4) is 0 Å². The van der Waals surface area contributed by atoms with Crippen LogP contribution in [0.4, 0.5) is 5.69 Å². The molecule has 7 nitrogen and oxygen atoms in total. The number of aldehydes is 1. The van der Waals surface area contributed by atoms with Gasteiger partial charge in [-0.15, -0.1) is 0 Å². The molecule has 1 aromatic rings. The normalized spacial score (nSPS) is 10.2. The zero-order valence-electron chi connectivity index (χ0n) is 13.0. The molecule has 1 rings (SSSR count). The summed E-state index contributed by atoms with van der Waals surface area (Å²) in [5.41, 5.74) is 8.30. The van der Waals surface area contributed by atoms with Crippen LogP contribution in [0, 0.1) is 0 Å². The number of amides is 2. The second-order valence-corrected chi connectivity index (χ2v) is 5.19. The molecule has 0 aliphatic heterocycles. The van der Waals surface area contributed by atoms with E-state index in [4.69, 9.17) is 10.9 Å². The fourth-order valence-electron chi connectivity index (χ4n) is 2.15. The fourth-order valence-corrected chi connectivity index (χ4v) is 2.15. The highest BCUT2D eigenvalue weighted by atomic mass is 16.5. The SMILES string of the molecule is NCc1ccc(NC(=O)CCCCCCC=O)c(C(=O)NO)c1. The van der Waals surface area contributed by atoms with Gasteiger partial charge in [-0.1, -0.05) is 18.9 Å². The summed E-state index contributed by atoms with van der Waals surface area (Å²) in [6.07, 6.45) is 5.12. The third-order valence-corrected chi connectivity index (χ3v) is 3.42. The van der Waals surface area contributed by atoms with E-state index in [1.165, 1.54) is 6.07 Å². The highest BCUT2D eigenvalue weighted by molar-refractivity contribution is 6.03. The molecule has 5 N–H and O–H groups in total. The molecule has 2 amide bonds. The number of carbonyl (C=O) groups excluding carboxylic acids is 3. The Hall–Kier alpha value is -2.25. The first-order chi connectivity index (χ1) is 11.1. The molecule has 0 bridgehead atoms. The van der Waals surface area contributed by atoms with Gasteiger partial charge in [0.05, 0.1) is 11.3 Å². The van der Waals surface area contributed by atoms with Gasteiger partial charge in [0.25, 0.3) is 5.91 Å². The van der Waals surface area contributed by atoms with Crippen LogP contribution < -0.4 is 16.5 Å². The number of unbranched alkanes of at least 4 members (excludes halogenated alkanes) is 4. The van der Waals surface area contributed by atoms with Crippen molar-refractivity contribution in [2.24, 2.45) is 5.73 Å². The highest BCUT2D eigenvalue weighted by Gasteiger charge is 2.13. The molecule has 0 aliphatic carbocycles. The average Bonchev–Trinajstić information content (AvgIpc) is 2.57. The van der Waals surface area contributed by atoms with E-state index in [1.807, 2.05) is 0 Å². The van der Waals surface area contributed by atoms with Crippen LogP contribution in [-0.4, -0.2) is 23.3 Å². The molecule has 0 aromatic heterocycles. The molecule has 0 fully saturated rings. The molecule has 1 aromatic carbocycles. The van der Waals surface area contributed by atoms with Crippen LogP contribution in [0.1, 0.15) is 54.4 Å². The Morgan fingerprint density at radius 1 is 1.17 bits per heavy atom. The summed E-state index contributed by atoms with van der Waals surface area (Å²) in [4.78, 5) is 33.8. The number of hydroxylamine groups is 1. The molecule has 23 heavy (non-hydrogen) atoms. The lowest BCUT2D eigenvalue weighted by Crippen LogP contribution is -2.22. The fraction of sp³-hybridized carbons (Fsp3) is 0.438. The smallest absolute Gasteiger partial charge is 0.276 e. The largest absolute Gasteiger partial charge is 0.326 e. The molecule has 0 unspecified atom stereocenters. The van der Waals surface area contributed by atoms with Gasteiger partial charge in [-0.25, -0.2) is 5.48 Å². The number of nitrogens with two attached hydrogens (primary N) is 1. The number of nitrogens with one attached hydrogen (secondary N) is 2. The first kappa shape index (κ1) is 18.8. The van der Waals surface area contributed by atoms with Gasteiger partial charge >= 0.3 is 0 Å². The standard InChI is InChI=1S/C16H23N3O4/c17-11-12-7-8-14(13(10-12)16(22)19-23)18-15(21)6-4-2-1-3-5-9-20/h7-10,23H,1-6,11,17H2,(H,18,21)(H,19,22). The lowest BCUT2D eigenvalue weighted by Gasteiger charge is -2.11. The molecule has 0 atom stereocenters. The monoisotopic (exact) mass is 321 g/mol. The Kier molecular flexibility index (Phi) is 8.56. The Labute approximate surface area is 135 Å². The zero-order valence-corrected chi connectivity index (χ0v) is 13.0. The van der Waals surface area contributed by atoms with Crippen LogP contribution in [-0.2, 0) is 16.1 Å². The van der Waals surface area contributed by atoms with Gasteiger partial charge in [0.2, 0.25) is 5.91 Å². The summed E-state index contributed by atoms with van der Waals surface area (Å²) in [5, 5.41) is 11.5. The lowest BCUT2D eigenvalue weighted by atomic mass is 10.1. The minimum absolute atomic E-state index is 0.162. The van der Waals surface area contributed by atoms with Crippen LogP contribution in [0.15, 0.2) is 18.2 Å². The van der Waals surface area contributed by atoms with Crippen molar-refractivity contribution in [1.29, 1.82) is 0 Å². The van der Waals surface area contributed by atoms with E-state index in [0.29, 0.717) is 24.9 Å². The summed E-state index contributed by atoms with van der Waals surface area (Å²) in [7, 11) is 0. The maximum atomic E-state index is 11.9. The predicted molar refractivity (Wildman–Crippen MR) is 86.0 cm³/mol. The van der Waals surface area contributed by atoms with Gasteiger partial charge in [-0.05, 0) is 30.5 Å². The van der Waals surface area contributed by atoms with E-state index < -0.39 is 5.91 Å². The molecule has 0 saturated heterocycles. The summed E-state index contributed by atoms with van der Waals surface area (Å²) >= 11 is 0. The van der Waals surface area contributed by atoms with Crippen molar-refractivity contribution in [3.63, 3.8) is 0 Å². The van der Waals surface area contributed by atoms with Gasteiger partial charge < -0.3 is 15.8 Å². The van der Waals surface area contributed by atoms with E-state index in [1.54, 1.807) is 17.6 Å². The highest BCUT2D eigenvalue weighted by Crippen LogP contribution is 2.18. The lowest BCUT2D eigenvalue weighted by molar-refractivity contribution is -0.116. The first-order valence-electron chi connectivity index (χ1n) is 7.63. The second-order valence-electron chi connectivity index (χ2n) is 5.19. The summed E-state index contributed by atoms with van der Waals surface area (Å²) in [6.45, 7) is 0.251. The van der Waals surface area contributed by atoms with Gasteiger partial charge in [-0.2, -0.15) is 0 Å². The van der Waals surface area contributed by atoms with E-state index in [2.05, 4.69) is 5.32 Å². The maximum absolute atomic E-state index is 11.9. The predicted octanol–water partition coefficient (Wildman–Crippen LogP) is 1.74. The second kappa shape index (κ2) is 10.5. The quantitative estimate of drug-likeness (QED) is 0.226. The molecule has 0 heterocycles. The van der Waals surface area contributed by atoms with E-state index >= 15 is 0 Å². The van der Waals surface area contributed by atoms with Crippen molar-refractivity contribution in [1.82, 2.24) is 5.48 Å². The van der Waals surface area contributed by atoms with Crippen molar-refractivity contribution >= 4 is 23.8 Å². The zero-order chi connectivity index (χ0) is 17.1. The first-order valence-corrected chi connectivity index (χ1v) is 7.63. The Morgan fingerprint density at radius 2 is 1.91 bits per heavy atom. The Balaban J connectivity index is 2.56. The molecule has 0 radical (unpaired) electrons. The molecule has 126 valence electrons. The van der Waals surface area contributed by atoms with Crippen molar-refractivity contribution in [2.45, 2.75) is 45.1 Å². The molecule has 0 aliphatic rings. The van der Waals surface area contributed by atoms with Crippen LogP contribution in [0.2, 0.25) is 0 Å². The topological polar surface area (TPSA) is 122 Å². The summed E-state index contributed by atoms with van der Waals surface area (Å²) in [6, 6.07) is 4.83. The minimum Gasteiger partial charge on any atom is -0.326 e. The molecule has 0 saturated carbocycles. The number of anilines is 1. The molecular formula is C16H23N3O4. The van der Waals surface area contributed by atoms with E-state index in [-0.39, 0.29) is 18.0 Å². The Bertz CT molecular complexity index is 546. The van der Waals surface area contributed by atoms with E-state index in [0.717, 1.165) is 31.1 Å². The average molecular weight is 321 g/mol. The summed E-state index contributed by atoms with van der Waals surface area (Å²) < 4.78 is 0. The van der Waals surface area contributed by atoms with Gasteiger partial charge in [0.1, 0.15) is 6.29 Å². The van der Waals surface area contributed by atoms with Gasteiger partial charge in [-0.3, -0.25) is 14.8 Å². The third-order valence-electron chi connectivity index (χ3n) is 3.42.